The quantitative estimate of drug-likeness (QED) is 0.813. The van der Waals surface area contributed by atoms with Crippen LogP contribution >= 0.6 is 24.0 Å². The number of nitrogens with one attached hydrogen (secondary N) is 1. The highest BCUT2D eigenvalue weighted by Gasteiger charge is 2.26. The molecule has 5 heteroatoms. The standard InChI is InChI=1S/C11H16N2OS2/c1-6(2)9(15)10(14)13-11-12-8(5-16-11)7-3-4-7/h5-7,9,15H,3-4H2,1-2H3,(H,12,13,14). The van der Waals surface area contributed by atoms with E-state index in [0.29, 0.717) is 11.0 Å². The molecule has 1 heterocycles. The Morgan fingerprint density at radius 2 is 2.31 bits per heavy atom. The van der Waals surface area contributed by atoms with Gasteiger partial charge in [0.1, 0.15) is 0 Å². The molecule has 0 radical (unpaired) electrons. The summed E-state index contributed by atoms with van der Waals surface area (Å²) in [7, 11) is 0. The van der Waals surface area contributed by atoms with Crippen molar-refractivity contribution < 1.29 is 4.79 Å². The number of thiazole rings is 1. The molecule has 0 bridgehead atoms. The van der Waals surface area contributed by atoms with Gasteiger partial charge in [-0.05, 0) is 18.8 Å². The fourth-order valence-corrected chi connectivity index (χ4v) is 2.25. The average molecular weight is 256 g/mol. The maximum Gasteiger partial charge on any atom is 0.239 e. The van der Waals surface area contributed by atoms with Gasteiger partial charge in [-0.1, -0.05) is 13.8 Å². The summed E-state index contributed by atoms with van der Waals surface area (Å²) in [4.78, 5) is 16.1. The molecule has 0 saturated heterocycles. The van der Waals surface area contributed by atoms with Crippen LogP contribution < -0.4 is 5.32 Å². The molecule has 1 amide bonds. The number of amides is 1. The summed E-state index contributed by atoms with van der Waals surface area (Å²) >= 11 is 5.77. The number of rotatable bonds is 4. The van der Waals surface area contributed by atoms with Gasteiger partial charge < -0.3 is 5.32 Å². The molecule has 1 unspecified atom stereocenters. The molecule has 3 nitrogen and oxygen atoms in total. The van der Waals surface area contributed by atoms with Crippen LogP contribution in [0.3, 0.4) is 0 Å². The number of nitrogens with zero attached hydrogens (tertiary/aromatic N) is 1. The number of anilines is 1. The third kappa shape index (κ3) is 2.77. The lowest BCUT2D eigenvalue weighted by atomic mass is 10.1. The first-order chi connectivity index (χ1) is 7.58. The molecule has 0 aliphatic heterocycles. The molecule has 88 valence electrons. The van der Waals surface area contributed by atoms with Crippen LogP contribution in [0, 0.1) is 5.92 Å². The van der Waals surface area contributed by atoms with Crippen molar-refractivity contribution >= 4 is 35.0 Å². The SMILES string of the molecule is CC(C)C(S)C(=O)Nc1nc(C2CC2)cs1. The molecule has 1 saturated carbocycles. The zero-order valence-corrected chi connectivity index (χ0v) is 11.1. The predicted octanol–water partition coefficient (Wildman–Crippen LogP) is 2.91. The highest BCUT2D eigenvalue weighted by atomic mass is 32.1. The van der Waals surface area contributed by atoms with Crippen molar-refractivity contribution in [1.29, 1.82) is 0 Å². The third-order valence-corrected chi connectivity index (χ3v) is 4.25. The van der Waals surface area contributed by atoms with Crippen LogP contribution in [0.5, 0.6) is 0 Å². The van der Waals surface area contributed by atoms with Crippen molar-refractivity contribution in [2.24, 2.45) is 5.92 Å². The average Bonchev–Trinajstić information content (AvgIpc) is 2.99. The third-order valence-electron chi connectivity index (χ3n) is 2.65. The van der Waals surface area contributed by atoms with Crippen molar-refractivity contribution in [2.75, 3.05) is 5.32 Å². The maximum absolute atomic E-state index is 11.7. The minimum absolute atomic E-state index is 0.0602. The van der Waals surface area contributed by atoms with Crippen LogP contribution in [0.2, 0.25) is 0 Å². The highest BCUT2D eigenvalue weighted by molar-refractivity contribution is 7.81. The first-order valence-electron chi connectivity index (χ1n) is 5.52. The summed E-state index contributed by atoms with van der Waals surface area (Å²) in [6.45, 7) is 3.96. The molecule has 0 spiro atoms. The van der Waals surface area contributed by atoms with E-state index in [9.17, 15) is 4.79 Å². The zero-order chi connectivity index (χ0) is 11.7. The maximum atomic E-state index is 11.7. The van der Waals surface area contributed by atoms with Crippen molar-refractivity contribution in [3.63, 3.8) is 0 Å². The van der Waals surface area contributed by atoms with Gasteiger partial charge in [-0.15, -0.1) is 11.3 Å². The van der Waals surface area contributed by atoms with Crippen LogP contribution in [-0.2, 0) is 4.79 Å². The largest absolute Gasteiger partial charge is 0.301 e. The Kier molecular flexibility index (Phi) is 3.54. The minimum Gasteiger partial charge on any atom is -0.301 e. The Morgan fingerprint density at radius 1 is 1.62 bits per heavy atom. The summed E-state index contributed by atoms with van der Waals surface area (Å²) in [6.07, 6.45) is 2.47. The fourth-order valence-electron chi connectivity index (χ4n) is 1.39. The van der Waals surface area contributed by atoms with Gasteiger partial charge >= 0.3 is 0 Å². The van der Waals surface area contributed by atoms with E-state index in [2.05, 4.69) is 22.9 Å². The number of thiol groups is 1. The molecule has 1 aromatic heterocycles. The monoisotopic (exact) mass is 256 g/mol. The van der Waals surface area contributed by atoms with Gasteiger partial charge in [0.2, 0.25) is 5.91 Å². The van der Waals surface area contributed by atoms with Gasteiger partial charge in [0.25, 0.3) is 0 Å². The predicted molar refractivity (Wildman–Crippen MR) is 70.3 cm³/mol. The fraction of sp³-hybridized carbons (Fsp3) is 0.636. The number of hydrogen-bond donors (Lipinski definition) is 2. The molecule has 2 rings (SSSR count). The summed E-state index contributed by atoms with van der Waals surface area (Å²) in [5.74, 6) is 0.806. The summed E-state index contributed by atoms with van der Waals surface area (Å²) < 4.78 is 0. The van der Waals surface area contributed by atoms with Crippen molar-refractivity contribution in [1.82, 2.24) is 4.98 Å². The first-order valence-corrected chi connectivity index (χ1v) is 6.92. The minimum atomic E-state index is -0.270. The smallest absolute Gasteiger partial charge is 0.239 e. The van der Waals surface area contributed by atoms with E-state index >= 15 is 0 Å². The lowest BCUT2D eigenvalue weighted by molar-refractivity contribution is -0.116. The molecular weight excluding hydrogens is 240 g/mol. The van der Waals surface area contributed by atoms with E-state index in [1.54, 1.807) is 0 Å². The Labute approximate surface area is 105 Å². The van der Waals surface area contributed by atoms with Gasteiger partial charge in [-0.2, -0.15) is 12.6 Å². The van der Waals surface area contributed by atoms with Gasteiger partial charge in [0, 0.05) is 11.3 Å². The van der Waals surface area contributed by atoms with E-state index in [1.807, 2.05) is 19.2 Å². The molecule has 1 atom stereocenters. The highest BCUT2D eigenvalue weighted by Crippen LogP contribution is 2.40. The van der Waals surface area contributed by atoms with Crippen LogP contribution in [0.15, 0.2) is 5.38 Å². The van der Waals surface area contributed by atoms with E-state index in [-0.39, 0.29) is 17.1 Å². The molecule has 1 N–H and O–H groups in total. The lowest BCUT2D eigenvalue weighted by Crippen LogP contribution is -2.27. The Morgan fingerprint density at radius 3 is 2.88 bits per heavy atom. The van der Waals surface area contributed by atoms with Crippen molar-refractivity contribution in [2.45, 2.75) is 37.9 Å². The van der Waals surface area contributed by atoms with Gasteiger partial charge in [0.05, 0.1) is 10.9 Å². The van der Waals surface area contributed by atoms with Gasteiger partial charge in [-0.25, -0.2) is 4.98 Å². The van der Waals surface area contributed by atoms with Crippen molar-refractivity contribution in [3.8, 4) is 0 Å². The second kappa shape index (κ2) is 4.75. The van der Waals surface area contributed by atoms with Crippen LogP contribution in [-0.4, -0.2) is 16.1 Å². The number of hydrogen-bond acceptors (Lipinski definition) is 4. The summed E-state index contributed by atoms with van der Waals surface area (Å²) in [6, 6.07) is 0. The Bertz CT molecular complexity index is 385. The van der Waals surface area contributed by atoms with E-state index in [4.69, 9.17) is 0 Å². The van der Waals surface area contributed by atoms with E-state index in [0.717, 1.165) is 5.69 Å². The van der Waals surface area contributed by atoms with E-state index in [1.165, 1.54) is 24.2 Å². The molecule has 1 aliphatic carbocycles. The second-order valence-corrected chi connectivity index (χ2v) is 5.94. The molecule has 1 aliphatic rings. The number of carbonyl (C=O) groups excluding carboxylic acids is 1. The number of carbonyl (C=O) groups is 1. The second-order valence-electron chi connectivity index (χ2n) is 4.53. The topological polar surface area (TPSA) is 42.0 Å². The van der Waals surface area contributed by atoms with Crippen LogP contribution in [0.4, 0.5) is 5.13 Å². The zero-order valence-electron chi connectivity index (χ0n) is 9.43. The van der Waals surface area contributed by atoms with Gasteiger partial charge in [-0.3, -0.25) is 4.79 Å². The summed E-state index contributed by atoms with van der Waals surface area (Å²) in [5.41, 5.74) is 1.13. The van der Waals surface area contributed by atoms with Crippen LogP contribution in [0.25, 0.3) is 0 Å². The molecule has 16 heavy (non-hydrogen) atoms. The normalized spacial score (nSPS) is 17.5. The Balaban J connectivity index is 1.94. The molecule has 0 aromatic carbocycles. The number of aromatic nitrogens is 1. The first kappa shape index (κ1) is 11.9. The molecular formula is C11H16N2OS2. The van der Waals surface area contributed by atoms with Crippen LogP contribution in [0.1, 0.15) is 38.3 Å². The lowest BCUT2D eigenvalue weighted by Gasteiger charge is -2.12. The van der Waals surface area contributed by atoms with E-state index < -0.39 is 0 Å². The molecule has 1 aromatic rings. The van der Waals surface area contributed by atoms with Crippen molar-refractivity contribution in [3.05, 3.63) is 11.1 Å². The molecule has 1 fully saturated rings. The Hall–Kier alpha value is -0.550. The summed E-state index contributed by atoms with van der Waals surface area (Å²) in [5, 5.41) is 5.29. The van der Waals surface area contributed by atoms with Gasteiger partial charge in [0.15, 0.2) is 5.13 Å².